The summed E-state index contributed by atoms with van der Waals surface area (Å²) in [6.07, 6.45) is 3.40. The summed E-state index contributed by atoms with van der Waals surface area (Å²) in [5.41, 5.74) is 2.29. The van der Waals surface area contributed by atoms with Gasteiger partial charge in [-0.3, -0.25) is 4.79 Å². The van der Waals surface area contributed by atoms with Crippen molar-refractivity contribution >= 4 is 11.6 Å². The van der Waals surface area contributed by atoms with Crippen LogP contribution in [0.4, 0.5) is 5.69 Å². The number of aromatic hydroxyl groups is 1. The molecule has 2 N–H and O–H groups in total. The van der Waals surface area contributed by atoms with Crippen LogP contribution < -0.4 is 5.32 Å². The van der Waals surface area contributed by atoms with E-state index < -0.39 is 0 Å². The third-order valence-electron chi connectivity index (χ3n) is 3.18. The second kappa shape index (κ2) is 6.75. The Hall–Kier alpha value is -2.29. The van der Waals surface area contributed by atoms with E-state index in [4.69, 9.17) is 0 Å². The highest BCUT2D eigenvalue weighted by molar-refractivity contribution is 6.06. The molecule has 0 bridgehead atoms. The van der Waals surface area contributed by atoms with Crippen molar-refractivity contribution < 1.29 is 9.90 Å². The number of phenols is 1. The molecule has 0 aliphatic heterocycles. The average molecular weight is 269 g/mol. The fraction of sp³-hybridized carbons (Fsp3) is 0.235. The van der Waals surface area contributed by atoms with Gasteiger partial charge in [0, 0.05) is 5.69 Å². The molecule has 0 aliphatic rings. The highest BCUT2D eigenvalue weighted by atomic mass is 16.3. The maximum atomic E-state index is 12.0. The van der Waals surface area contributed by atoms with Gasteiger partial charge in [0.1, 0.15) is 5.75 Å². The van der Waals surface area contributed by atoms with Gasteiger partial charge in [-0.2, -0.15) is 0 Å². The first kappa shape index (κ1) is 14.1. The van der Waals surface area contributed by atoms with E-state index in [9.17, 15) is 9.90 Å². The molecular formula is C17H19NO2. The number of carbonyl (C=O) groups excluding carboxylic acids is 1. The summed E-state index contributed by atoms with van der Waals surface area (Å²) in [5.74, 6) is -0.311. The van der Waals surface area contributed by atoms with Gasteiger partial charge in [-0.25, -0.2) is 0 Å². The molecule has 0 fully saturated rings. The molecular weight excluding hydrogens is 250 g/mol. The summed E-state index contributed by atoms with van der Waals surface area (Å²) in [5, 5.41) is 12.4. The Labute approximate surface area is 119 Å². The maximum absolute atomic E-state index is 12.0. The highest BCUT2D eigenvalue weighted by Crippen LogP contribution is 2.18. The van der Waals surface area contributed by atoms with Crippen molar-refractivity contribution in [3.05, 3.63) is 59.7 Å². The van der Waals surface area contributed by atoms with Crippen LogP contribution in [-0.2, 0) is 6.42 Å². The van der Waals surface area contributed by atoms with Crippen molar-refractivity contribution in [2.75, 3.05) is 5.32 Å². The fourth-order valence-corrected chi connectivity index (χ4v) is 2.00. The Morgan fingerprint density at radius 2 is 1.80 bits per heavy atom. The number of nitrogens with one attached hydrogen (secondary N) is 1. The molecule has 0 atom stereocenters. The van der Waals surface area contributed by atoms with Crippen LogP contribution in [-0.4, -0.2) is 11.0 Å². The fourth-order valence-electron chi connectivity index (χ4n) is 2.00. The molecule has 0 aliphatic carbocycles. The normalized spacial score (nSPS) is 10.2. The van der Waals surface area contributed by atoms with Gasteiger partial charge >= 0.3 is 0 Å². The second-order valence-corrected chi connectivity index (χ2v) is 4.77. The molecule has 0 spiro atoms. The van der Waals surface area contributed by atoms with Crippen molar-refractivity contribution in [1.29, 1.82) is 0 Å². The Kier molecular flexibility index (Phi) is 4.77. The zero-order valence-electron chi connectivity index (χ0n) is 11.6. The summed E-state index contributed by atoms with van der Waals surface area (Å²) in [6.45, 7) is 2.17. The summed E-state index contributed by atoms with van der Waals surface area (Å²) in [4.78, 5) is 12.0. The van der Waals surface area contributed by atoms with E-state index >= 15 is 0 Å². The standard InChI is InChI=1S/C17H19NO2/c1-2-3-6-13-9-11-14(12-10-13)18-17(20)15-7-4-5-8-16(15)19/h4-5,7-12,19H,2-3,6H2,1H3,(H,18,20). The molecule has 104 valence electrons. The average Bonchev–Trinajstić information content (AvgIpc) is 2.47. The van der Waals surface area contributed by atoms with Gasteiger partial charge in [0.2, 0.25) is 0 Å². The summed E-state index contributed by atoms with van der Waals surface area (Å²) in [7, 11) is 0. The number of aryl methyl sites for hydroxylation is 1. The number of para-hydroxylation sites is 1. The minimum atomic E-state index is -0.301. The van der Waals surface area contributed by atoms with E-state index in [2.05, 4.69) is 12.2 Å². The van der Waals surface area contributed by atoms with Crippen LogP contribution in [0.2, 0.25) is 0 Å². The van der Waals surface area contributed by atoms with E-state index in [1.807, 2.05) is 24.3 Å². The molecule has 1 amide bonds. The largest absolute Gasteiger partial charge is 0.507 e. The lowest BCUT2D eigenvalue weighted by atomic mass is 10.1. The minimum absolute atomic E-state index is 0.00966. The minimum Gasteiger partial charge on any atom is -0.507 e. The first-order valence-corrected chi connectivity index (χ1v) is 6.89. The van der Waals surface area contributed by atoms with Gasteiger partial charge in [-0.05, 0) is 42.7 Å². The van der Waals surface area contributed by atoms with E-state index in [1.165, 1.54) is 24.5 Å². The number of benzene rings is 2. The smallest absolute Gasteiger partial charge is 0.259 e. The monoisotopic (exact) mass is 269 g/mol. The molecule has 2 aromatic rings. The van der Waals surface area contributed by atoms with Crippen LogP contribution in [0.15, 0.2) is 48.5 Å². The first-order valence-electron chi connectivity index (χ1n) is 6.89. The van der Waals surface area contributed by atoms with E-state index in [-0.39, 0.29) is 17.2 Å². The lowest BCUT2D eigenvalue weighted by Gasteiger charge is -2.07. The topological polar surface area (TPSA) is 49.3 Å². The molecule has 2 rings (SSSR count). The zero-order chi connectivity index (χ0) is 14.4. The van der Waals surface area contributed by atoms with E-state index in [0.717, 1.165) is 12.1 Å². The third kappa shape index (κ3) is 3.60. The van der Waals surface area contributed by atoms with Crippen LogP contribution in [0, 0.1) is 0 Å². The number of unbranched alkanes of at least 4 members (excludes halogenated alkanes) is 1. The van der Waals surface area contributed by atoms with Gasteiger partial charge in [0.15, 0.2) is 0 Å². The molecule has 0 saturated carbocycles. The Bertz CT molecular complexity index is 576. The van der Waals surface area contributed by atoms with Crippen LogP contribution in [0.5, 0.6) is 5.75 Å². The Morgan fingerprint density at radius 1 is 1.10 bits per heavy atom. The van der Waals surface area contributed by atoms with Gasteiger partial charge in [0.05, 0.1) is 5.56 Å². The van der Waals surface area contributed by atoms with Crippen LogP contribution >= 0.6 is 0 Å². The number of anilines is 1. The predicted octanol–water partition coefficient (Wildman–Crippen LogP) is 3.99. The van der Waals surface area contributed by atoms with Gasteiger partial charge in [0.25, 0.3) is 5.91 Å². The van der Waals surface area contributed by atoms with Crippen molar-refractivity contribution in [2.24, 2.45) is 0 Å². The van der Waals surface area contributed by atoms with Crippen LogP contribution in [0.25, 0.3) is 0 Å². The van der Waals surface area contributed by atoms with Crippen molar-refractivity contribution in [2.45, 2.75) is 26.2 Å². The maximum Gasteiger partial charge on any atom is 0.259 e. The number of amides is 1. The molecule has 3 nitrogen and oxygen atoms in total. The number of hydrogen-bond donors (Lipinski definition) is 2. The molecule has 0 heterocycles. The summed E-state index contributed by atoms with van der Waals surface area (Å²) < 4.78 is 0. The summed E-state index contributed by atoms with van der Waals surface area (Å²) >= 11 is 0. The molecule has 0 aromatic heterocycles. The quantitative estimate of drug-likeness (QED) is 0.862. The second-order valence-electron chi connectivity index (χ2n) is 4.77. The van der Waals surface area contributed by atoms with Crippen LogP contribution in [0.3, 0.4) is 0 Å². The molecule has 20 heavy (non-hydrogen) atoms. The van der Waals surface area contributed by atoms with E-state index in [0.29, 0.717) is 0 Å². The lowest BCUT2D eigenvalue weighted by molar-refractivity contribution is 0.102. The third-order valence-corrected chi connectivity index (χ3v) is 3.18. The van der Waals surface area contributed by atoms with Crippen molar-refractivity contribution in [3.63, 3.8) is 0 Å². The summed E-state index contributed by atoms with van der Waals surface area (Å²) in [6, 6.07) is 14.3. The SMILES string of the molecule is CCCCc1ccc(NC(=O)c2ccccc2O)cc1. The van der Waals surface area contributed by atoms with E-state index in [1.54, 1.807) is 18.2 Å². The highest BCUT2D eigenvalue weighted by Gasteiger charge is 2.10. The number of hydrogen-bond acceptors (Lipinski definition) is 2. The molecule has 3 heteroatoms. The predicted molar refractivity (Wildman–Crippen MR) is 81.1 cm³/mol. The van der Waals surface area contributed by atoms with Crippen molar-refractivity contribution in [1.82, 2.24) is 0 Å². The molecule has 0 radical (unpaired) electrons. The Balaban J connectivity index is 2.03. The first-order chi connectivity index (χ1) is 9.70. The van der Waals surface area contributed by atoms with Gasteiger partial charge in [-0.15, -0.1) is 0 Å². The number of carbonyl (C=O) groups is 1. The molecule has 0 unspecified atom stereocenters. The lowest BCUT2D eigenvalue weighted by Crippen LogP contribution is -2.11. The zero-order valence-corrected chi connectivity index (χ0v) is 11.6. The Morgan fingerprint density at radius 3 is 2.45 bits per heavy atom. The number of rotatable bonds is 5. The van der Waals surface area contributed by atoms with Gasteiger partial charge < -0.3 is 10.4 Å². The molecule has 2 aromatic carbocycles. The molecule has 0 saturated heterocycles. The van der Waals surface area contributed by atoms with Gasteiger partial charge in [-0.1, -0.05) is 37.6 Å². The van der Waals surface area contributed by atoms with Crippen molar-refractivity contribution in [3.8, 4) is 5.75 Å². The number of phenolic OH excluding ortho intramolecular Hbond substituents is 1. The van der Waals surface area contributed by atoms with Crippen LogP contribution in [0.1, 0.15) is 35.7 Å².